The van der Waals surface area contributed by atoms with Crippen LogP contribution in [0.2, 0.25) is 0 Å². The van der Waals surface area contributed by atoms with E-state index in [1.54, 1.807) is 14.2 Å². The molecule has 3 atom stereocenters. The summed E-state index contributed by atoms with van der Waals surface area (Å²) in [6, 6.07) is 0.345. The molecule has 0 aromatic rings. The number of hydrogen-bond acceptors (Lipinski definition) is 4. The Morgan fingerprint density at radius 3 is 2.89 bits per heavy atom. The largest absolute Gasteiger partial charge is 0.380 e. The zero-order valence-corrected chi connectivity index (χ0v) is 11.4. The monoisotopic (exact) mass is 255 g/mol. The maximum absolute atomic E-state index is 12.0. The van der Waals surface area contributed by atoms with Gasteiger partial charge in [0, 0.05) is 39.8 Å². The maximum atomic E-state index is 12.0. The van der Waals surface area contributed by atoms with Gasteiger partial charge in [0.15, 0.2) is 0 Å². The van der Waals surface area contributed by atoms with Gasteiger partial charge in [-0.15, -0.1) is 0 Å². The van der Waals surface area contributed by atoms with Crippen molar-refractivity contribution in [3.05, 3.63) is 0 Å². The van der Waals surface area contributed by atoms with E-state index in [0.717, 1.165) is 32.5 Å². The van der Waals surface area contributed by atoms with Crippen LogP contribution in [0.3, 0.4) is 0 Å². The first kappa shape index (κ1) is 13.8. The molecule has 0 bridgehead atoms. The molecular formula is C13H25N3O2. The number of ether oxygens (including phenoxy) is 1. The highest BCUT2D eigenvalue weighted by Gasteiger charge is 2.37. The minimum atomic E-state index is -0.0514. The first-order valence-electron chi connectivity index (χ1n) is 6.98. The summed E-state index contributed by atoms with van der Waals surface area (Å²) in [5, 5.41) is 6.08. The van der Waals surface area contributed by atoms with Crippen molar-refractivity contribution in [2.24, 2.45) is 0 Å². The fourth-order valence-corrected chi connectivity index (χ4v) is 3.26. The van der Waals surface area contributed by atoms with E-state index in [0.29, 0.717) is 6.04 Å². The lowest BCUT2D eigenvalue weighted by Gasteiger charge is -2.45. The van der Waals surface area contributed by atoms with Crippen molar-refractivity contribution in [3.63, 3.8) is 0 Å². The fraction of sp³-hybridized carbons (Fsp3) is 0.923. The number of amides is 1. The van der Waals surface area contributed by atoms with Gasteiger partial charge in [-0.05, 0) is 12.8 Å². The van der Waals surface area contributed by atoms with Gasteiger partial charge in [-0.25, -0.2) is 0 Å². The van der Waals surface area contributed by atoms with Gasteiger partial charge in [0.2, 0.25) is 5.91 Å². The first-order chi connectivity index (χ1) is 8.77. The van der Waals surface area contributed by atoms with E-state index in [9.17, 15) is 4.79 Å². The summed E-state index contributed by atoms with van der Waals surface area (Å²) in [4.78, 5) is 14.3. The average molecular weight is 255 g/mol. The van der Waals surface area contributed by atoms with E-state index in [2.05, 4.69) is 15.5 Å². The summed E-state index contributed by atoms with van der Waals surface area (Å²) in [6.07, 6.45) is 5.03. The van der Waals surface area contributed by atoms with Crippen molar-refractivity contribution in [1.29, 1.82) is 0 Å². The summed E-state index contributed by atoms with van der Waals surface area (Å²) >= 11 is 0. The Hall–Kier alpha value is -0.650. The molecule has 0 aromatic heterocycles. The molecule has 2 rings (SSSR count). The molecule has 18 heavy (non-hydrogen) atoms. The topological polar surface area (TPSA) is 53.6 Å². The van der Waals surface area contributed by atoms with Gasteiger partial charge in [-0.2, -0.15) is 0 Å². The molecule has 1 heterocycles. The van der Waals surface area contributed by atoms with Crippen LogP contribution in [0, 0.1) is 0 Å². The quantitative estimate of drug-likeness (QED) is 0.743. The number of carbonyl (C=O) groups is 1. The summed E-state index contributed by atoms with van der Waals surface area (Å²) < 4.78 is 5.62. The van der Waals surface area contributed by atoms with E-state index >= 15 is 0 Å². The highest BCUT2D eigenvalue weighted by molar-refractivity contribution is 5.81. The van der Waals surface area contributed by atoms with Gasteiger partial charge in [-0.1, -0.05) is 12.8 Å². The molecule has 104 valence electrons. The number of nitrogens with one attached hydrogen (secondary N) is 2. The Morgan fingerprint density at radius 1 is 1.39 bits per heavy atom. The lowest BCUT2D eigenvalue weighted by molar-refractivity contribution is -0.130. The normalized spacial score (nSPS) is 34.2. The van der Waals surface area contributed by atoms with Crippen LogP contribution >= 0.6 is 0 Å². The van der Waals surface area contributed by atoms with Crippen molar-refractivity contribution in [2.75, 3.05) is 33.8 Å². The smallest absolute Gasteiger partial charge is 0.238 e. The molecule has 1 aliphatic heterocycles. The molecule has 1 amide bonds. The standard InChI is InChI=1S/C13H25N3O2/c1-14-13(17)11-9-15-7-8-16(11)10-5-3-4-6-12(10)18-2/h10-12,15H,3-9H2,1-2H3,(H,14,17). The predicted molar refractivity (Wildman–Crippen MR) is 70.5 cm³/mol. The minimum absolute atomic E-state index is 0.0514. The van der Waals surface area contributed by atoms with Gasteiger partial charge < -0.3 is 15.4 Å². The number of piperazine rings is 1. The summed E-state index contributed by atoms with van der Waals surface area (Å²) in [7, 11) is 3.50. The average Bonchev–Trinajstić information content (AvgIpc) is 2.46. The summed E-state index contributed by atoms with van der Waals surface area (Å²) in [5.41, 5.74) is 0. The Morgan fingerprint density at radius 2 is 2.17 bits per heavy atom. The van der Waals surface area contributed by atoms with E-state index in [-0.39, 0.29) is 18.1 Å². The van der Waals surface area contributed by atoms with Gasteiger partial charge in [0.25, 0.3) is 0 Å². The Balaban J connectivity index is 2.09. The van der Waals surface area contributed by atoms with E-state index in [4.69, 9.17) is 4.74 Å². The predicted octanol–water partition coefficient (Wildman–Crippen LogP) is -0.0362. The molecule has 0 aromatic carbocycles. The third-order valence-electron chi connectivity index (χ3n) is 4.23. The van der Waals surface area contributed by atoms with E-state index < -0.39 is 0 Å². The molecular weight excluding hydrogens is 230 g/mol. The second-order valence-electron chi connectivity index (χ2n) is 5.20. The molecule has 1 saturated carbocycles. The third kappa shape index (κ3) is 2.84. The molecule has 5 nitrogen and oxygen atoms in total. The maximum Gasteiger partial charge on any atom is 0.238 e. The van der Waals surface area contributed by atoms with Crippen LogP contribution in [-0.2, 0) is 9.53 Å². The van der Waals surface area contributed by atoms with Crippen molar-refractivity contribution < 1.29 is 9.53 Å². The highest BCUT2D eigenvalue weighted by Crippen LogP contribution is 2.27. The van der Waals surface area contributed by atoms with Gasteiger partial charge in [0.05, 0.1) is 6.10 Å². The van der Waals surface area contributed by atoms with Crippen LogP contribution in [-0.4, -0.2) is 62.8 Å². The second kappa shape index (κ2) is 6.50. The number of nitrogens with zero attached hydrogens (tertiary/aromatic N) is 1. The molecule has 0 spiro atoms. The van der Waals surface area contributed by atoms with Gasteiger partial charge in [-0.3, -0.25) is 9.69 Å². The zero-order chi connectivity index (χ0) is 13.0. The number of methoxy groups -OCH3 is 1. The van der Waals surface area contributed by atoms with Gasteiger partial charge in [0.1, 0.15) is 6.04 Å². The van der Waals surface area contributed by atoms with Crippen molar-refractivity contribution in [1.82, 2.24) is 15.5 Å². The number of carbonyl (C=O) groups excluding carboxylic acids is 1. The third-order valence-corrected chi connectivity index (χ3v) is 4.23. The lowest BCUT2D eigenvalue weighted by atomic mass is 9.89. The number of rotatable bonds is 3. The van der Waals surface area contributed by atoms with Crippen molar-refractivity contribution in [2.45, 2.75) is 43.9 Å². The van der Waals surface area contributed by atoms with E-state index in [1.807, 2.05) is 0 Å². The first-order valence-corrected chi connectivity index (χ1v) is 6.98. The number of likely N-dealkylation sites (N-methyl/N-ethyl adjacent to an activating group) is 1. The van der Waals surface area contributed by atoms with Crippen molar-refractivity contribution in [3.8, 4) is 0 Å². The Labute approximate surface area is 109 Å². The summed E-state index contributed by atoms with van der Waals surface area (Å²) in [5.74, 6) is 0.114. The molecule has 2 N–H and O–H groups in total. The van der Waals surface area contributed by atoms with Crippen LogP contribution in [0.15, 0.2) is 0 Å². The minimum Gasteiger partial charge on any atom is -0.380 e. The van der Waals surface area contributed by atoms with E-state index in [1.165, 1.54) is 12.8 Å². The molecule has 1 saturated heterocycles. The SMILES string of the molecule is CNC(=O)C1CNCCN1C1CCCCC1OC. The fourth-order valence-electron chi connectivity index (χ4n) is 3.26. The zero-order valence-electron chi connectivity index (χ0n) is 11.4. The van der Waals surface area contributed by atoms with Crippen LogP contribution in [0.5, 0.6) is 0 Å². The van der Waals surface area contributed by atoms with Crippen LogP contribution < -0.4 is 10.6 Å². The molecule has 0 radical (unpaired) electrons. The Kier molecular flexibility index (Phi) is 4.97. The summed E-state index contributed by atoms with van der Waals surface area (Å²) in [6.45, 7) is 2.63. The Bertz CT molecular complexity index is 285. The van der Waals surface area contributed by atoms with Crippen LogP contribution in [0.25, 0.3) is 0 Å². The van der Waals surface area contributed by atoms with Crippen LogP contribution in [0.4, 0.5) is 0 Å². The lowest BCUT2D eigenvalue weighted by Crippen LogP contribution is -2.63. The second-order valence-corrected chi connectivity index (χ2v) is 5.20. The van der Waals surface area contributed by atoms with Gasteiger partial charge >= 0.3 is 0 Å². The van der Waals surface area contributed by atoms with Crippen molar-refractivity contribution >= 4 is 5.91 Å². The molecule has 5 heteroatoms. The molecule has 1 aliphatic carbocycles. The van der Waals surface area contributed by atoms with Crippen LogP contribution in [0.1, 0.15) is 25.7 Å². The number of hydrogen-bond donors (Lipinski definition) is 2. The molecule has 2 fully saturated rings. The highest BCUT2D eigenvalue weighted by atomic mass is 16.5. The molecule has 3 unspecified atom stereocenters. The molecule has 2 aliphatic rings.